The molecule has 0 aliphatic carbocycles. The molecule has 0 bridgehead atoms. The average molecular weight is 360 g/mol. The zero-order valence-corrected chi connectivity index (χ0v) is 14.9. The lowest BCUT2D eigenvalue weighted by Crippen LogP contribution is -2.28. The van der Waals surface area contributed by atoms with Crippen molar-refractivity contribution in [3.05, 3.63) is 46.6 Å². The van der Waals surface area contributed by atoms with Crippen molar-refractivity contribution in [2.24, 2.45) is 0 Å². The number of H-pyrrole nitrogens is 1. The Kier molecular flexibility index (Phi) is 5.28. The van der Waals surface area contributed by atoms with Crippen molar-refractivity contribution >= 4 is 28.6 Å². The molecule has 0 radical (unpaired) electrons. The maximum absolute atomic E-state index is 12.2. The number of rotatable bonds is 7. The molecule has 0 aliphatic heterocycles. The topological polar surface area (TPSA) is 92.9 Å². The number of aromatic nitrogens is 3. The molecule has 2 heterocycles. The smallest absolute Gasteiger partial charge is 0.343 e. The first kappa shape index (κ1) is 17.3. The van der Waals surface area contributed by atoms with E-state index in [0.717, 1.165) is 17.4 Å². The van der Waals surface area contributed by atoms with E-state index in [4.69, 9.17) is 4.42 Å². The van der Waals surface area contributed by atoms with Gasteiger partial charge in [-0.05, 0) is 25.5 Å². The normalized spacial score (nSPS) is 12.4. The van der Waals surface area contributed by atoms with Crippen LogP contribution in [-0.4, -0.2) is 26.4 Å². The molecular formula is C17H20N4O3S. The SMILES string of the molecule is CCCn1c(SCC(=O)N[C@H](C)c2cc3ccccc3o2)n[nH]c1=O. The lowest BCUT2D eigenvalue weighted by Gasteiger charge is -2.11. The molecule has 1 aromatic carbocycles. The van der Waals surface area contributed by atoms with Crippen LogP contribution in [0.2, 0.25) is 0 Å². The summed E-state index contributed by atoms with van der Waals surface area (Å²) in [6.45, 7) is 4.44. The van der Waals surface area contributed by atoms with Crippen LogP contribution in [0.25, 0.3) is 11.0 Å². The van der Waals surface area contributed by atoms with E-state index in [-0.39, 0.29) is 23.4 Å². The van der Waals surface area contributed by atoms with E-state index in [0.29, 0.717) is 17.5 Å². The second-order valence-corrected chi connectivity index (χ2v) is 6.67. The second kappa shape index (κ2) is 7.60. The molecule has 1 amide bonds. The van der Waals surface area contributed by atoms with Crippen LogP contribution < -0.4 is 11.0 Å². The molecule has 25 heavy (non-hydrogen) atoms. The number of fused-ring (bicyclic) bond motifs is 1. The Morgan fingerprint density at radius 1 is 1.44 bits per heavy atom. The van der Waals surface area contributed by atoms with E-state index in [1.165, 1.54) is 11.8 Å². The van der Waals surface area contributed by atoms with Crippen LogP contribution in [0, 0.1) is 0 Å². The van der Waals surface area contributed by atoms with Gasteiger partial charge >= 0.3 is 5.69 Å². The molecule has 8 heteroatoms. The number of benzene rings is 1. The summed E-state index contributed by atoms with van der Waals surface area (Å²) < 4.78 is 7.31. The van der Waals surface area contributed by atoms with Crippen LogP contribution >= 0.6 is 11.8 Å². The van der Waals surface area contributed by atoms with E-state index in [9.17, 15) is 9.59 Å². The monoisotopic (exact) mass is 360 g/mol. The number of hydrogen-bond acceptors (Lipinski definition) is 5. The van der Waals surface area contributed by atoms with Gasteiger partial charge in [-0.25, -0.2) is 9.89 Å². The van der Waals surface area contributed by atoms with Gasteiger partial charge in [-0.1, -0.05) is 36.9 Å². The minimum atomic E-state index is -0.250. The van der Waals surface area contributed by atoms with Gasteiger partial charge in [-0.2, -0.15) is 0 Å². The van der Waals surface area contributed by atoms with Crippen molar-refractivity contribution < 1.29 is 9.21 Å². The van der Waals surface area contributed by atoms with Crippen LogP contribution in [-0.2, 0) is 11.3 Å². The summed E-state index contributed by atoms with van der Waals surface area (Å²) in [4.78, 5) is 23.8. The van der Waals surface area contributed by atoms with E-state index < -0.39 is 0 Å². The highest BCUT2D eigenvalue weighted by atomic mass is 32.2. The molecule has 1 atom stereocenters. The average Bonchev–Trinajstić information content (AvgIpc) is 3.18. The maximum atomic E-state index is 12.2. The molecule has 0 spiro atoms. The van der Waals surface area contributed by atoms with Gasteiger partial charge in [0.1, 0.15) is 11.3 Å². The standard InChI is InChI=1S/C17H20N4O3S/c1-3-8-21-16(23)19-20-17(21)25-10-15(22)18-11(2)14-9-12-6-4-5-7-13(12)24-14/h4-7,9,11H,3,8,10H2,1-2H3,(H,18,22)(H,19,23)/t11-/m1/s1. The summed E-state index contributed by atoms with van der Waals surface area (Å²) in [6, 6.07) is 9.42. The summed E-state index contributed by atoms with van der Waals surface area (Å²) in [5, 5.41) is 10.8. The van der Waals surface area contributed by atoms with Crippen molar-refractivity contribution in [2.75, 3.05) is 5.75 Å². The van der Waals surface area contributed by atoms with Crippen molar-refractivity contribution in [3.8, 4) is 0 Å². The van der Waals surface area contributed by atoms with Crippen LogP contribution in [0.15, 0.2) is 44.7 Å². The number of para-hydroxylation sites is 1. The predicted octanol–water partition coefficient (Wildman–Crippen LogP) is 2.70. The molecule has 0 unspecified atom stereocenters. The molecule has 2 aromatic heterocycles. The zero-order valence-electron chi connectivity index (χ0n) is 14.1. The lowest BCUT2D eigenvalue weighted by molar-refractivity contribution is -0.119. The first-order valence-electron chi connectivity index (χ1n) is 8.14. The molecule has 2 N–H and O–H groups in total. The Balaban J connectivity index is 1.59. The number of furan rings is 1. The largest absolute Gasteiger partial charge is 0.459 e. The fraction of sp³-hybridized carbons (Fsp3) is 0.353. The number of aromatic amines is 1. The van der Waals surface area contributed by atoms with Crippen LogP contribution in [0.4, 0.5) is 0 Å². The lowest BCUT2D eigenvalue weighted by atomic mass is 10.2. The van der Waals surface area contributed by atoms with Crippen molar-refractivity contribution in [2.45, 2.75) is 38.0 Å². The molecule has 3 rings (SSSR count). The summed E-state index contributed by atoms with van der Waals surface area (Å²) in [6.07, 6.45) is 0.822. The summed E-state index contributed by atoms with van der Waals surface area (Å²) in [5.74, 6) is 0.747. The molecule has 0 saturated carbocycles. The van der Waals surface area contributed by atoms with E-state index >= 15 is 0 Å². The minimum Gasteiger partial charge on any atom is -0.459 e. The van der Waals surface area contributed by atoms with Gasteiger partial charge in [0.2, 0.25) is 5.91 Å². The van der Waals surface area contributed by atoms with E-state index in [2.05, 4.69) is 15.5 Å². The molecule has 0 fully saturated rings. The Labute approximate surface area is 148 Å². The summed E-state index contributed by atoms with van der Waals surface area (Å²) >= 11 is 1.24. The van der Waals surface area contributed by atoms with Gasteiger partial charge < -0.3 is 9.73 Å². The number of thioether (sulfide) groups is 1. The van der Waals surface area contributed by atoms with Gasteiger partial charge in [0.25, 0.3) is 0 Å². The highest BCUT2D eigenvalue weighted by Crippen LogP contribution is 2.23. The van der Waals surface area contributed by atoms with Crippen LogP contribution in [0.1, 0.15) is 32.1 Å². The molecule has 0 saturated heterocycles. The van der Waals surface area contributed by atoms with E-state index in [1.807, 2.05) is 44.2 Å². The number of nitrogens with zero attached hydrogens (tertiary/aromatic N) is 2. The summed E-state index contributed by atoms with van der Waals surface area (Å²) in [5.41, 5.74) is 0.550. The summed E-state index contributed by atoms with van der Waals surface area (Å²) in [7, 11) is 0. The van der Waals surface area contributed by atoms with Crippen molar-refractivity contribution in [3.63, 3.8) is 0 Å². The molecule has 0 aliphatic rings. The first-order valence-corrected chi connectivity index (χ1v) is 9.13. The van der Waals surface area contributed by atoms with Gasteiger partial charge in [0.15, 0.2) is 5.16 Å². The molecule has 7 nitrogen and oxygen atoms in total. The second-order valence-electron chi connectivity index (χ2n) is 5.73. The Morgan fingerprint density at radius 3 is 3.00 bits per heavy atom. The zero-order chi connectivity index (χ0) is 17.8. The van der Waals surface area contributed by atoms with E-state index in [1.54, 1.807) is 4.57 Å². The Bertz CT molecular complexity index is 894. The van der Waals surface area contributed by atoms with Gasteiger partial charge in [0.05, 0.1) is 11.8 Å². The highest BCUT2D eigenvalue weighted by Gasteiger charge is 2.16. The molecule has 3 aromatic rings. The number of carbonyl (C=O) groups is 1. The molecular weight excluding hydrogens is 340 g/mol. The highest BCUT2D eigenvalue weighted by molar-refractivity contribution is 7.99. The quantitative estimate of drug-likeness (QED) is 0.632. The third-order valence-electron chi connectivity index (χ3n) is 3.75. The number of amides is 1. The Hall–Kier alpha value is -2.48. The maximum Gasteiger partial charge on any atom is 0.343 e. The predicted molar refractivity (Wildman–Crippen MR) is 96.6 cm³/mol. The van der Waals surface area contributed by atoms with Gasteiger partial charge in [0, 0.05) is 11.9 Å². The van der Waals surface area contributed by atoms with Crippen LogP contribution in [0.5, 0.6) is 0 Å². The third-order valence-corrected chi connectivity index (χ3v) is 4.73. The molecule has 132 valence electrons. The fourth-order valence-corrected chi connectivity index (χ4v) is 3.32. The van der Waals surface area contributed by atoms with Crippen molar-refractivity contribution in [1.29, 1.82) is 0 Å². The van der Waals surface area contributed by atoms with Crippen LogP contribution in [0.3, 0.4) is 0 Å². The van der Waals surface area contributed by atoms with Gasteiger partial charge in [-0.3, -0.25) is 9.36 Å². The Morgan fingerprint density at radius 2 is 2.24 bits per heavy atom. The minimum absolute atomic E-state index is 0.142. The number of carbonyl (C=O) groups excluding carboxylic acids is 1. The van der Waals surface area contributed by atoms with Crippen molar-refractivity contribution in [1.82, 2.24) is 20.1 Å². The third kappa shape index (κ3) is 3.96. The fourth-order valence-electron chi connectivity index (χ4n) is 2.53. The number of nitrogens with one attached hydrogen (secondary N) is 2. The number of hydrogen-bond donors (Lipinski definition) is 2. The first-order chi connectivity index (χ1) is 12.1. The van der Waals surface area contributed by atoms with Gasteiger partial charge in [-0.15, -0.1) is 5.10 Å².